The van der Waals surface area contributed by atoms with Crippen molar-refractivity contribution >= 4 is 45.7 Å². The molecular weight excluding hydrogens is 445 g/mol. The van der Waals surface area contributed by atoms with Crippen LogP contribution in [0.15, 0.2) is 89.1 Å². The van der Waals surface area contributed by atoms with Crippen LogP contribution in [0.1, 0.15) is 10.4 Å². The summed E-state index contributed by atoms with van der Waals surface area (Å²) in [7, 11) is 0. The first-order chi connectivity index (χ1) is 15.6. The third kappa shape index (κ3) is 5.60. The molecular formula is C24H18FN3O2S2. The molecule has 4 rings (SSSR count). The molecule has 0 atom stereocenters. The summed E-state index contributed by atoms with van der Waals surface area (Å²) in [4.78, 5) is 29.8. The van der Waals surface area contributed by atoms with Gasteiger partial charge in [-0.05, 0) is 36.4 Å². The predicted octanol–water partition coefficient (Wildman–Crippen LogP) is 5.93. The Kier molecular flexibility index (Phi) is 6.94. The minimum atomic E-state index is -0.570. The molecule has 2 N–H and O–H groups in total. The number of halogens is 1. The van der Waals surface area contributed by atoms with Crippen molar-refractivity contribution in [3.8, 4) is 11.3 Å². The number of carbonyl (C=O) groups is 2. The van der Waals surface area contributed by atoms with Gasteiger partial charge in [-0.25, -0.2) is 9.37 Å². The zero-order valence-electron chi connectivity index (χ0n) is 16.7. The van der Waals surface area contributed by atoms with Crippen LogP contribution in [-0.4, -0.2) is 22.6 Å². The van der Waals surface area contributed by atoms with Crippen molar-refractivity contribution in [2.45, 2.75) is 4.90 Å². The largest absolute Gasteiger partial charge is 0.322 e. The van der Waals surface area contributed by atoms with E-state index in [-0.39, 0.29) is 17.2 Å². The minimum absolute atomic E-state index is 0.0137. The van der Waals surface area contributed by atoms with E-state index >= 15 is 0 Å². The van der Waals surface area contributed by atoms with E-state index in [9.17, 15) is 14.0 Å². The normalized spacial score (nSPS) is 10.5. The van der Waals surface area contributed by atoms with E-state index in [1.54, 1.807) is 30.3 Å². The van der Waals surface area contributed by atoms with E-state index in [4.69, 9.17) is 0 Å². The van der Waals surface area contributed by atoms with E-state index in [1.807, 2.05) is 35.7 Å². The second kappa shape index (κ2) is 10.2. The summed E-state index contributed by atoms with van der Waals surface area (Å²) in [6.07, 6.45) is 0. The van der Waals surface area contributed by atoms with Gasteiger partial charge in [-0.15, -0.1) is 23.1 Å². The number of benzene rings is 3. The van der Waals surface area contributed by atoms with Gasteiger partial charge in [-0.3, -0.25) is 9.59 Å². The number of nitrogens with one attached hydrogen (secondary N) is 2. The van der Waals surface area contributed by atoms with Gasteiger partial charge in [0.2, 0.25) is 5.91 Å². The van der Waals surface area contributed by atoms with Crippen LogP contribution in [0.3, 0.4) is 0 Å². The van der Waals surface area contributed by atoms with Gasteiger partial charge in [0.1, 0.15) is 5.82 Å². The van der Waals surface area contributed by atoms with Gasteiger partial charge in [-0.1, -0.05) is 42.5 Å². The van der Waals surface area contributed by atoms with Gasteiger partial charge in [0.05, 0.1) is 17.0 Å². The molecule has 4 aromatic rings. The highest BCUT2D eigenvalue weighted by atomic mass is 32.2. The fourth-order valence-corrected chi connectivity index (χ4v) is 4.29. The van der Waals surface area contributed by atoms with Crippen molar-refractivity contribution < 1.29 is 14.0 Å². The van der Waals surface area contributed by atoms with Crippen molar-refractivity contribution in [1.29, 1.82) is 0 Å². The fourth-order valence-electron chi connectivity index (χ4n) is 2.86. The highest BCUT2D eigenvalue weighted by Crippen LogP contribution is 2.25. The number of aromatic nitrogens is 1. The topological polar surface area (TPSA) is 71.1 Å². The van der Waals surface area contributed by atoms with E-state index in [0.29, 0.717) is 10.8 Å². The lowest BCUT2D eigenvalue weighted by Gasteiger charge is -2.07. The van der Waals surface area contributed by atoms with Crippen molar-refractivity contribution in [2.24, 2.45) is 0 Å². The van der Waals surface area contributed by atoms with Crippen LogP contribution in [0, 0.1) is 5.82 Å². The van der Waals surface area contributed by atoms with Crippen LogP contribution in [0.5, 0.6) is 0 Å². The molecule has 8 heteroatoms. The average Bonchev–Trinajstić information content (AvgIpc) is 3.28. The molecule has 0 fully saturated rings. The van der Waals surface area contributed by atoms with Crippen LogP contribution in [0.25, 0.3) is 11.3 Å². The lowest BCUT2D eigenvalue weighted by molar-refractivity contribution is -0.113. The number of carbonyl (C=O) groups excluding carboxylic acids is 2. The number of rotatable bonds is 7. The molecule has 0 bridgehead atoms. The van der Waals surface area contributed by atoms with Crippen molar-refractivity contribution in [1.82, 2.24) is 4.98 Å². The standard InChI is InChI=1S/C24H18FN3O2S2/c25-20-9-5-4-8-19(20)23(30)26-17-10-12-18(13-11-17)31-15-22(29)28-24-27-21(14-32-24)16-6-2-1-3-7-16/h1-14H,15H2,(H,26,30)(H,27,28,29). The summed E-state index contributed by atoms with van der Waals surface area (Å²) in [5.41, 5.74) is 2.36. The molecule has 160 valence electrons. The van der Waals surface area contributed by atoms with Gasteiger partial charge >= 0.3 is 0 Å². The molecule has 0 saturated carbocycles. The summed E-state index contributed by atoms with van der Waals surface area (Å²) in [5, 5.41) is 7.95. The zero-order chi connectivity index (χ0) is 22.3. The van der Waals surface area contributed by atoms with Crippen molar-refractivity contribution in [3.05, 3.63) is 95.6 Å². The summed E-state index contributed by atoms with van der Waals surface area (Å²) >= 11 is 2.75. The number of amides is 2. The molecule has 0 radical (unpaired) electrons. The molecule has 0 saturated heterocycles. The lowest BCUT2D eigenvalue weighted by atomic mass is 10.2. The number of thioether (sulfide) groups is 1. The average molecular weight is 464 g/mol. The second-order valence-corrected chi connectivity index (χ2v) is 8.61. The maximum atomic E-state index is 13.7. The third-order valence-electron chi connectivity index (χ3n) is 4.42. The maximum Gasteiger partial charge on any atom is 0.258 e. The smallest absolute Gasteiger partial charge is 0.258 e. The Bertz CT molecular complexity index is 1230. The minimum Gasteiger partial charge on any atom is -0.322 e. The van der Waals surface area contributed by atoms with Crippen LogP contribution >= 0.6 is 23.1 Å². The molecule has 0 unspecified atom stereocenters. The number of hydrogen-bond donors (Lipinski definition) is 2. The van der Waals surface area contributed by atoms with Crippen LogP contribution < -0.4 is 10.6 Å². The Hall–Kier alpha value is -3.49. The highest BCUT2D eigenvalue weighted by molar-refractivity contribution is 8.00. The summed E-state index contributed by atoms with van der Waals surface area (Å²) in [6, 6.07) is 22.6. The van der Waals surface area contributed by atoms with Crippen LogP contribution in [0.2, 0.25) is 0 Å². The highest BCUT2D eigenvalue weighted by Gasteiger charge is 2.12. The van der Waals surface area contributed by atoms with Crippen molar-refractivity contribution in [3.63, 3.8) is 0 Å². The number of nitrogens with zero attached hydrogens (tertiary/aromatic N) is 1. The number of thiazole rings is 1. The first kappa shape index (κ1) is 21.7. The molecule has 5 nitrogen and oxygen atoms in total. The maximum absolute atomic E-state index is 13.7. The number of hydrogen-bond acceptors (Lipinski definition) is 5. The fraction of sp³-hybridized carbons (Fsp3) is 0.0417. The van der Waals surface area contributed by atoms with E-state index in [2.05, 4.69) is 15.6 Å². The summed E-state index contributed by atoms with van der Waals surface area (Å²) < 4.78 is 13.7. The first-order valence-electron chi connectivity index (χ1n) is 9.68. The molecule has 2 amide bonds. The molecule has 1 aromatic heterocycles. The van der Waals surface area contributed by atoms with Crippen LogP contribution in [-0.2, 0) is 4.79 Å². The van der Waals surface area contributed by atoms with E-state index < -0.39 is 11.7 Å². The molecule has 0 aliphatic carbocycles. The Morgan fingerprint density at radius 1 is 0.906 bits per heavy atom. The lowest BCUT2D eigenvalue weighted by Crippen LogP contribution is -2.14. The Morgan fingerprint density at radius 3 is 2.38 bits per heavy atom. The summed E-state index contributed by atoms with van der Waals surface area (Å²) in [5.74, 6) is -1.01. The second-order valence-electron chi connectivity index (χ2n) is 6.70. The van der Waals surface area contributed by atoms with Crippen molar-refractivity contribution in [2.75, 3.05) is 16.4 Å². The van der Waals surface area contributed by atoms with Crippen LogP contribution in [0.4, 0.5) is 15.2 Å². The molecule has 32 heavy (non-hydrogen) atoms. The SMILES string of the molecule is O=C(CSc1ccc(NC(=O)c2ccccc2F)cc1)Nc1nc(-c2ccccc2)cs1. The molecule has 3 aromatic carbocycles. The molecule has 1 heterocycles. The van der Waals surface area contributed by atoms with Gasteiger partial charge in [0, 0.05) is 21.5 Å². The van der Waals surface area contributed by atoms with Gasteiger partial charge in [0.15, 0.2) is 5.13 Å². The van der Waals surface area contributed by atoms with Gasteiger partial charge < -0.3 is 10.6 Å². The van der Waals surface area contributed by atoms with Gasteiger partial charge in [0.25, 0.3) is 5.91 Å². The molecule has 0 aliphatic rings. The van der Waals surface area contributed by atoms with Gasteiger partial charge in [-0.2, -0.15) is 0 Å². The Morgan fingerprint density at radius 2 is 1.62 bits per heavy atom. The quantitative estimate of drug-likeness (QED) is 0.333. The molecule has 0 aliphatic heterocycles. The zero-order valence-corrected chi connectivity index (χ0v) is 18.4. The van der Waals surface area contributed by atoms with E-state index in [1.165, 1.54) is 41.3 Å². The summed E-state index contributed by atoms with van der Waals surface area (Å²) in [6.45, 7) is 0. The molecule has 0 spiro atoms. The Balaban J connectivity index is 1.28. The number of anilines is 2. The first-order valence-corrected chi connectivity index (χ1v) is 11.5. The van der Waals surface area contributed by atoms with E-state index in [0.717, 1.165) is 16.2 Å². The predicted molar refractivity (Wildman–Crippen MR) is 128 cm³/mol. The Labute approximate surface area is 192 Å². The third-order valence-corrected chi connectivity index (χ3v) is 6.19. The monoisotopic (exact) mass is 463 g/mol.